The molecule has 0 aromatic heterocycles. The van der Waals surface area contributed by atoms with Crippen LogP contribution in [0.2, 0.25) is 0 Å². The average Bonchev–Trinajstić information content (AvgIpc) is 3.18. The molecular weight excluding hydrogens is 614 g/mol. The summed E-state index contributed by atoms with van der Waals surface area (Å²) in [4.78, 5) is 52.2. The van der Waals surface area contributed by atoms with E-state index in [2.05, 4.69) is 26.6 Å². The van der Waals surface area contributed by atoms with Gasteiger partial charge in [0.15, 0.2) is 6.61 Å². The van der Waals surface area contributed by atoms with Crippen molar-refractivity contribution in [1.82, 2.24) is 4.90 Å². The van der Waals surface area contributed by atoms with Crippen LogP contribution in [0.3, 0.4) is 0 Å². The van der Waals surface area contributed by atoms with Gasteiger partial charge >= 0.3 is 0 Å². The topological polar surface area (TPSA) is 105 Å². The Bertz CT molecular complexity index is 1510. The van der Waals surface area contributed by atoms with E-state index in [0.717, 1.165) is 37.2 Å². The number of thioether (sulfide) groups is 2. The Morgan fingerprint density at radius 3 is 2.45 bits per heavy atom. The summed E-state index contributed by atoms with van der Waals surface area (Å²) >= 11 is 5.78. The van der Waals surface area contributed by atoms with Crippen molar-refractivity contribution in [2.24, 2.45) is 0 Å². The van der Waals surface area contributed by atoms with E-state index >= 15 is 0 Å². The monoisotopic (exact) mass is 639 g/mol. The van der Waals surface area contributed by atoms with E-state index in [1.54, 1.807) is 48.2 Å². The highest BCUT2D eigenvalue weighted by Crippen LogP contribution is 2.32. The number of ether oxygens (including phenoxy) is 1. The number of hydrogen-bond acceptors (Lipinski definition) is 7. The van der Waals surface area contributed by atoms with Crippen molar-refractivity contribution < 1.29 is 23.9 Å². The molecule has 0 bridgehead atoms. The Morgan fingerprint density at radius 2 is 1.73 bits per heavy atom. The van der Waals surface area contributed by atoms with Gasteiger partial charge in [-0.2, -0.15) is 0 Å². The number of aryl methyl sites for hydroxylation is 2. The fourth-order valence-electron chi connectivity index (χ4n) is 3.70. The highest BCUT2D eigenvalue weighted by molar-refractivity contribution is 9.10. The minimum Gasteiger partial charge on any atom is -0.484 e. The summed E-state index contributed by atoms with van der Waals surface area (Å²) in [5.41, 5.74) is 4.11. The second kappa shape index (κ2) is 13.2. The largest absolute Gasteiger partial charge is 0.484 e. The first-order valence-electron chi connectivity index (χ1n) is 12.1. The van der Waals surface area contributed by atoms with Crippen LogP contribution in [0.1, 0.15) is 16.7 Å². The molecule has 2 N–H and O–H groups in total. The molecule has 1 aliphatic rings. The Morgan fingerprint density at radius 1 is 1.00 bits per heavy atom. The SMILES string of the molecule is CSc1cccc(NC(=O)CN2C(=O)S/C(=C/c3ccc(OCC(=O)Nc4cc(C)c(C)cc4Br)cc3)C2=O)c1. The van der Waals surface area contributed by atoms with E-state index in [-0.39, 0.29) is 24.0 Å². The molecule has 0 saturated carbocycles. The second-order valence-electron chi connectivity index (χ2n) is 8.87. The summed E-state index contributed by atoms with van der Waals surface area (Å²) in [6.07, 6.45) is 3.51. The normalized spacial score (nSPS) is 14.0. The van der Waals surface area contributed by atoms with Gasteiger partial charge in [-0.1, -0.05) is 18.2 Å². The molecule has 0 aliphatic carbocycles. The first-order valence-corrected chi connectivity index (χ1v) is 14.9. The van der Waals surface area contributed by atoms with Gasteiger partial charge in [0, 0.05) is 15.1 Å². The van der Waals surface area contributed by atoms with Crippen molar-refractivity contribution in [2.45, 2.75) is 18.7 Å². The highest BCUT2D eigenvalue weighted by Gasteiger charge is 2.36. The number of hydrogen-bond donors (Lipinski definition) is 2. The van der Waals surface area contributed by atoms with Crippen molar-refractivity contribution in [3.8, 4) is 5.75 Å². The van der Waals surface area contributed by atoms with Crippen LogP contribution in [0.4, 0.5) is 16.2 Å². The molecule has 11 heteroatoms. The number of carbonyl (C=O) groups excluding carboxylic acids is 4. The van der Waals surface area contributed by atoms with E-state index in [0.29, 0.717) is 22.7 Å². The maximum Gasteiger partial charge on any atom is 0.294 e. The van der Waals surface area contributed by atoms with Gasteiger partial charge in [0.25, 0.3) is 17.1 Å². The third kappa shape index (κ3) is 7.56. The van der Waals surface area contributed by atoms with Crippen LogP contribution in [-0.4, -0.2) is 47.3 Å². The van der Waals surface area contributed by atoms with Gasteiger partial charge in [0.1, 0.15) is 12.3 Å². The Hall–Kier alpha value is -3.54. The number of anilines is 2. The molecule has 0 unspecified atom stereocenters. The molecule has 1 heterocycles. The number of rotatable bonds is 9. The number of carbonyl (C=O) groups is 4. The Kier molecular flexibility index (Phi) is 9.72. The van der Waals surface area contributed by atoms with Gasteiger partial charge in [-0.05, 0) is 113 Å². The molecule has 8 nitrogen and oxygen atoms in total. The third-order valence-electron chi connectivity index (χ3n) is 5.93. The van der Waals surface area contributed by atoms with Crippen molar-refractivity contribution >= 4 is 79.9 Å². The Balaban J connectivity index is 1.31. The fraction of sp³-hybridized carbons (Fsp3) is 0.172. The summed E-state index contributed by atoms with van der Waals surface area (Å²) in [7, 11) is 0. The van der Waals surface area contributed by atoms with Crippen molar-refractivity contribution in [2.75, 3.05) is 30.0 Å². The van der Waals surface area contributed by atoms with Crippen LogP contribution < -0.4 is 15.4 Å². The van der Waals surface area contributed by atoms with Crippen LogP contribution in [0.15, 0.2) is 74.9 Å². The highest BCUT2D eigenvalue weighted by atomic mass is 79.9. The summed E-state index contributed by atoms with van der Waals surface area (Å²) in [5.74, 6) is -0.820. The van der Waals surface area contributed by atoms with Crippen LogP contribution in [-0.2, 0) is 14.4 Å². The summed E-state index contributed by atoms with van der Waals surface area (Å²) < 4.78 is 6.38. The molecule has 4 amide bonds. The van der Waals surface area contributed by atoms with Crippen LogP contribution in [0.5, 0.6) is 5.75 Å². The van der Waals surface area contributed by atoms with Gasteiger partial charge in [-0.15, -0.1) is 11.8 Å². The van der Waals surface area contributed by atoms with Gasteiger partial charge in [-0.3, -0.25) is 24.1 Å². The molecule has 40 heavy (non-hydrogen) atoms. The van der Waals surface area contributed by atoms with Crippen molar-refractivity contribution in [3.05, 3.63) is 86.7 Å². The quantitative estimate of drug-likeness (QED) is 0.204. The van der Waals surface area contributed by atoms with E-state index < -0.39 is 17.1 Å². The van der Waals surface area contributed by atoms with Gasteiger partial charge in [0.05, 0.1) is 10.6 Å². The third-order valence-corrected chi connectivity index (χ3v) is 8.22. The molecule has 3 aromatic rings. The molecule has 0 radical (unpaired) electrons. The van der Waals surface area contributed by atoms with Gasteiger partial charge in [0.2, 0.25) is 5.91 Å². The lowest BCUT2D eigenvalue weighted by molar-refractivity contribution is -0.127. The molecule has 4 rings (SSSR count). The van der Waals surface area contributed by atoms with E-state index in [4.69, 9.17) is 4.74 Å². The number of nitrogens with zero attached hydrogens (tertiary/aromatic N) is 1. The van der Waals surface area contributed by atoms with E-state index in [1.807, 2.05) is 50.4 Å². The molecule has 0 atom stereocenters. The Labute approximate surface area is 249 Å². The predicted octanol–water partition coefficient (Wildman–Crippen LogP) is 6.48. The zero-order chi connectivity index (χ0) is 28.8. The summed E-state index contributed by atoms with van der Waals surface area (Å²) in [6.45, 7) is 3.41. The number of halogens is 1. The van der Waals surface area contributed by atoms with Crippen LogP contribution in [0, 0.1) is 13.8 Å². The zero-order valence-electron chi connectivity index (χ0n) is 21.9. The maximum absolute atomic E-state index is 12.8. The lowest BCUT2D eigenvalue weighted by Crippen LogP contribution is -2.36. The molecule has 3 aromatic carbocycles. The number of imide groups is 1. The fourth-order valence-corrected chi connectivity index (χ4v) is 5.56. The van der Waals surface area contributed by atoms with Crippen molar-refractivity contribution in [1.29, 1.82) is 0 Å². The minimum absolute atomic E-state index is 0.179. The van der Waals surface area contributed by atoms with E-state index in [1.165, 1.54) is 0 Å². The molecular formula is C29H26BrN3O5S2. The average molecular weight is 641 g/mol. The van der Waals surface area contributed by atoms with Crippen LogP contribution >= 0.6 is 39.5 Å². The van der Waals surface area contributed by atoms with Crippen molar-refractivity contribution in [3.63, 3.8) is 0 Å². The maximum atomic E-state index is 12.8. The molecule has 206 valence electrons. The standard InChI is InChI=1S/C29H26BrN3O5S2/c1-17-11-23(30)24(12-18(17)2)32-27(35)16-38-21-9-7-19(8-10-21)13-25-28(36)33(29(37)40-25)15-26(34)31-20-5-4-6-22(14-20)39-3/h4-14H,15-16H2,1-3H3,(H,31,34)(H,32,35)/b25-13+. The minimum atomic E-state index is -0.530. The van der Waals surface area contributed by atoms with Gasteiger partial charge < -0.3 is 15.4 Å². The second-order valence-corrected chi connectivity index (χ2v) is 11.6. The smallest absolute Gasteiger partial charge is 0.294 e. The first-order chi connectivity index (χ1) is 19.1. The number of nitrogens with one attached hydrogen (secondary N) is 2. The molecule has 0 spiro atoms. The molecule has 1 aliphatic heterocycles. The molecule has 1 fully saturated rings. The number of benzene rings is 3. The van der Waals surface area contributed by atoms with E-state index in [9.17, 15) is 19.2 Å². The summed E-state index contributed by atoms with van der Waals surface area (Å²) in [6, 6.07) is 17.9. The lowest BCUT2D eigenvalue weighted by atomic mass is 10.1. The van der Waals surface area contributed by atoms with Gasteiger partial charge in [-0.25, -0.2) is 0 Å². The first kappa shape index (κ1) is 29.4. The number of amides is 4. The predicted molar refractivity (Wildman–Crippen MR) is 164 cm³/mol. The zero-order valence-corrected chi connectivity index (χ0v) is 25.2. The molecule has 1 saturated heterocycles. The van der Waals surface area contributed by atoms with Crippen LogP contribution in [0.25, 0.3) is 6.08 Å². The lowest BCUT2D eigenvalue weighted by Gasteiger charge is -2.12. The summed E-state index contributed by atoms with van der Waals surface area (Å²) in [5, 5.41) is 5.04.